The van der Waals surface area contributed by atoms with Gasteiger partial charge in [0.25, 0.3) is 5.91 Å². The van der Waals surface area contributed by atoms with Crippen LogP contribution in [0.1, 0.15) is 28.5 Å². The lowest BCUT2D eigenvalue weighted by Crippen LogP contribution is -2.44. The van der Waals surface area contributed by atoms with Gasteiger partial charge in [-0.05, 0) is 44.7 Å². The van der Waals surface area contributed by atoms with Crippen molar-refractivity contribution < 1.29 is 4.79 Å². The third-order valence-corrected chi connectivity index (χ3v) is 5.56. The fraction of sp³-hybridized carbons (Fsp3) is 0.348. The second-order valence-electron chi connectivity index (χ2n) is 7.76. The number of amides is 1. The number of carbonyl (C=O) groups excluding carboxylic acids is 1. The minimum absolute atomic E-state index is 0.167. The lowest BCUT2D eigenvalue weighted by Gasteiger charge is -2.33. The van der Waals surface area contributed by atoms with E-state index in [-0.39, 0.29) is 5.91 Å². The van der Waals surface area contributed by atoms with Gasteiger partial charge in [0.1, 0.15) is 5.82 Å². The summed E-state index contributed by atoms with van der Waals surface area (Å²) in [5, 5.41) is 7.42. The van der Waals surface area contributed by atoms with Crippen molar-refractivity contribution in [3.8, 4) is 5.69 Å². The molecule has 7 nitrogen and oxygen atoms in total. The maximum absolute atomic E-state index is 12.9. The molecule has 0 bridgehead atoms. The molecule has 1 saturated heterocycles. The molecule has 1 amide bonds. The zero-order chi connectivity index (χ0) is 21.1. The molecule has 1 aliphatic heterocycles. The number of hydrogen-bond donors (Lipinski definition) is 1. The van der Waals surface area contributed by atoms with Crippen LogP contribution in [0.3, 0.4) is 0 Å². The van der Waals surface area contributed by atoms with Crippen LogP contribution in [-0.4, -0.2) is 58.8 Å². The summed E-state index contributed by atoms with van der Waals surface area (Å²) in [5.41, 5.74) is 4.30. The molecule has 2 aromatic heterocycles. The van der Waals surface area contributed by atoms with Crippen molar-refractivity contribution in [3.05, 3.63) is 65.6 Å². The Balaban J connectivity index is 1.48. The molecule has 0 aliphatic carbocycles. The topological polar surface area (TPSA) is 66.3 Å². The van der Waals surface area contributed by atoms with E-state index >= 15 is 0 Å². The van der Waals surface area contributed by atoms with Gasteiger partial charge in [0, 0.05) is 26.2 Å². The average Bonchev–Trinajstić information content (AvgIpc) is 3.20. The van der Waals surface area contributed by atoms with Gasteiger partial charge >= 0.3 is 0 Å². The Morgan fingerprint density at radius 1 is 1.03 bits per heavy atom. The minimum Gasteiger partial charge on any atom is -0.354 e. The second kappa shape index (κ2) is 8.67. The monoisotopic (exact) mass is 404 g/mol. The number of carbonyl (C=O) groups is 1. The van der Waals surface area contributed by atoms with E-state index in [0.717, 1.165) is 43.4 Å². The van der Waals surface area contributed by atoms with Crippen LogP contribution >= 0.6 is 0 Å². The highest BCUT2D eigenvalue weighted by Crippen LogP contribution is 2.20. The molecule has 1 N–H and O–H groups in total. The highest BCUT2D eigenvalue weighted by atomic mass is 16.1. The summed E-state index contributed by atoms with van der Waals surface area (Å²) in [6, 6.07) is 12.0. The predicted molar refractivity (Wildman–Crippen MR) is 120 cm³/mol. The molecule has 1 aliphatic rings. The highest BCUT2D eigenvalue weighted by molar-refractivity contribution is 6.05. The molecule has 7 heteroatoms. The van der Waals surface area contributed by atoms with Crippen molar-refractivity contribution in [1.29, 1.82) is 0 Å². The first-order valence-electron chi connectivity index (χ1n) is 10.4. The summed E-state index contributed by atoms with van der Waals surface area (Å²) in [6.07, 6.45) is 4.07. The molecule has 3 heterocycles. The van der Waals surface area contributed by atoms with Crippen LogP contribution in [0.4, 0.5) is 11.5 Å². The van der Waals surface area contributed by atoms with Crippen LogP contribution in [0.15, 0.2) is 48.8 Å². The Morgan fingerprint density at radius 3 is 2.40 bits per heavy atom. The Labute approximate surface area is 177 Å². The molecule has 0 atom stereocenters. The summed E-state index contributed by atoms with van der Waals surface area (Å²) >= 11 is 0. The quantitative estimate of drug-likeness (QED) is 0.708. The van der Waals surface area contributed by atoms with Gasteiger partial charge in [-0.25, -0.2) is 9.67 Å². The number of rotatable bonds is 5. The molecule has 1 aromatic carbocycles. The summed E-state index contributed by atoms with van der Waals surface area (Å²) in [4.78, 5) is 22.0. The van der Waals surface area contributed by atoms with E-state index in [0.29, 0.717) is 17.7 Å². The SMILES string of the molecule is CCc1c(C(=O)Nc2ccc(N3CCN(C)CC3)nc2)cnn1-c1ccc(C)cc1. The first-order chi connectivity index (χ1) is 14.5. The number of likely N-dealkylation sites (N-methyl/N-ethyl adjacent to an activating group) is 1. The van der Waals surface area contributed by atoms with Crippen molar-refractivity contribution in [1.82, 2.24) is 19.7 Å². The van der Waals surface area contributed by atoms with Gasteiger partial charge in [-0.15, -0.1) is 0 Å². The molecule has 0 saturated carbocycles. The number of benzene rings is 1. The fourth-order valence-electron chi connectivity index (χ4n) is 3.69. The van der Waals surface area contributed by atoms with Gasteiger partial charge in [-0.3, -0.25) is 4.79 Å². The maximum Gasteiger partial charge on any atom is 0.259 e. The lowest BCUT2D eigenvalue weighted by atomic mass is 10.1. The largest absolute Gasteiger partial charge is 0.354 e. The number of anilines is 2. The number of piperazine rings is 1. The Kier molecular flexibility index (Phi) is 5.81. The predicted octanol–water partition coefficient (Wildman–Crippen LogP) is 3.14. The third-order valence-electron chi connectivity index (χ3n) is 5.56. The molecule has 1 fully saturated rings. The minimum atomic E-state index is -0.167. The van der Waals surface area contributed by atoms with Gasteiger partial charge in [0.05, 0.1) is 35.0 Å². The smallest absolute Gasteiger partial charge is 0.259 e. The van der Waals surface area contributed by atoms with E-state index in [2.05, 4.69) is 39.2 Å². The molecule has 4 rings (SSSR count). The van der Waals surface area contributed by atoms with E-state index in [1.54, 1.807) is 12.4 Å². The number of aryl methyl sites for hydroxylation is 1. The van der Waals surface area contributed by atoms with Crippen molar-refractivity contribution in [2.24, 2.45) is 0 Å². The Morgan fingerprint density at radius 2 is 1.77 bits per heavy atom. The van der Waals surface area contributed by atoms with Crippen molar-refractivity contribution in [3.63, 3.8) is 0 Å². The first-order valence-corrected chi connectivity index (χ1v) is 10.4. The molecular formula is C23H28N6O. The van der Waals surface area contributed by atoms with E-state index in [9.17, 15) is 4.79 Å². The number of hydrogen-bond acceptors (Lipinski definition) is 5. The van der Waals surface area contributed by atoms with Crippen LogP contribution < -0.4 is 10.2 Å². The number of nitrogens with one attached hydrogen (secondary N) is 1. The van der Waals surface area contributed by atoms with Crippen molar-refractivity contribution >= 4 is 17.4 Å². The highest BCUT2D eigenvalue weighted by Gasteiger charge is 2.18. The summed E-state index contributed by atoms with van der Waals surface area (Å²) < 4.78 is 1.84. The van der Waals surface area contributed by atoms with Crippen LogP contribution in [-0.2, 0) is 6.42 Å². The molecule has 0 spiro atoms. The van der Waals surface area contributed by atoms with Crippen LogP contribution in [0.5, 0.6) is 0 Å². The van der Waals surface area contributed by atoms with E-state index in [1.807, 2.05) is 48.0 Å². The van der Waals surface area contributed by atoms with E-state index < -0.39 is 0 Å². The molecule has 3 aromatic rings. The maximum atomic E-state index is 12.9. The summed E-state index contributed by atoms with van der Waals surface area (Å²) in [5.74, 6) is 0.780. The van der Waals surface area contributed by atoms with E-state index in [1.165, 1.54) is 5.56 Å². The Hall–Kier alpha value is -3.19. The van der Waals surface area contributed by atoms with Crippen molar-refractivity contribution in [2.75, 3.05) is 43.4 Å². The van der Waals surface area contributed by atoms with Gasteiger partial charge in [0.2, 0.25) is 0 Å². The van der Waals surface area contributed by atoms with Crippen molar-refractivity contribution in [2.45, 2.75) is 20.3 Å². The standard InChI is InChI=1S/C23H28N6O/c1-4-21-20(16-25-29(21)19-8-5-17(2)6-9-19)23(30)26-18-7-10-22(24-15-18)28-13-11-27(3)12-14-28/h5-10,15-16H,4,11-14H2,1-3H3,(H,26,30). The zero-order valence-corrected chi connectivity index (χ0v) is 17.8. The lowest BCUT2D eigenvalue weighted by molar-refractivity contribution is 0.102. The molecule has 30 heavy (non-hydrogen) atoms. The Bertz CT molecular complexity index is 1000. The molecular weight excluding hydrogens is 376 g/mol. The molecule has 0 radical (unpaired) electrons. The van der Waals surface area contributed by atoms with Gasteiger partial charge in [-0.1, -0.05) is 24.6 Å². The van der Waals surface area contributed by atoms with E-state index in [4.69, 9.17) is 0 Å². The fourth-order valence-corrected chi connectivity index (χ4v) is 3.69. The van der Waals surface area contributed by atoms with Gasteiger partial charge in [-0.2, -0.15) is 5.10 Å². The summed E-state index contributed by atoms with van der Waals surface area (Å²) in [7, 11) is 2.13. The number of aromatic nitrogens is 3. The molecule has 156 valence electrons. The van der Waals surface area contributed by atoms with Gasteiger partial charge in [0.15, 0.2) is 0 Å². The first kappa shape index (κ1) is 20.1. The number of nitrogens with zero attached hydrogens (tertiary/aromatic N) is 5. The second-order valence-corrected chi connectivity index (χ2v) is 7.76. The van der Waals surface area contributed by atoms with Gasteiger partial charge < -0.3 is 15.1 Å². The normalized spacial score (nSPS) is 14.7. The van der Waals surface area contributed by atoms with Crippen LogP contribution in [0, 0.1) is 6.92 Å². The average molecular weight is 405 g/mol. The van der Waals surface area contributed by atoms with Crippen LogP contribution in [0.25, 0.3) is 5.69 Å². The molecule has 0 unspecified atom stereocenters. The summed E-state index contributed by atoms with van der Waals surface area (Å²) in [6.45, 7) is 8.08. The number of pyridine rings is 1. The third kappa shape index (κ3) is 4.21. The van der Waals surface area contributed by atoms with Crippen LogP contribution in [0.2, 0.25) is 0 Å². The zero-order valence-electron chi connectivity index (χ0n) is 17.8.